The van der Waals surface area contributed by atoms with Crippen LogP contribution in [0.3, 0.4) is 0 Å². The molecule has 1 unspecified atom stereocenters. The normalized spacial score (nSPS) is 12.3. The highest BCUT2D eigenvalue weighted by molar-refractivity contribution is 5.77. The summed E-state index contributed by atoms with van der Waals surface area (Å²) >= 11 is 0. The zero-order valence-electron chi connectivity index (χ0n) is 19.1. The molecule has 0 heterocycles. The van der Waals surface area contributed by atoms with E-state index in [0.29, 0.717) is 12.5 Å². The lowest BCUT2D eigenvalue weighted by Gasteiger charge is -2.10. The summed E-state index contributed by atoms with van der Waals surface area (Å²) in [4.78, 5) is 23.4. The molecular formula is C25H42O4. The molecule has 1 atom stereocenters. The van der Waals surface area contributed by atoms with Crippen molar-refractivity contribution >= 4 is 11.9 Å². The van der Waals surface area contributed by atoms with Crippen LogP contribution < -0.4 is 0 Å². The second-order valence-corrected chi connectivity index (χ2v) is 7.90. The molecule has 0 spiro atoms. The van der Waals surface area contributed by atoms with E-state index in [0.717, 1.165) is 38.5 Å². The average molecular weight is 407 g/mol. The topological polar surface area (TPSA) is 52.6 Å². The molecule has 4 nitrogen and oxygen atoms in total. The third-order valence-corrected chi connectivity index (χ3v) is 4.64. The number of allylic oxidation sites excluding steroid dienone is 5. The lowest BCUT2D eigenvalue weighted by Crippen LogP contribution is -2.11. The molecule has 29 heavy (non-hydrogen) atoms. The van der Waals surface area contributed by atoms with Gasteiger partial charge in [0.05, 0.1) is 25.7 Å². The molecule has 0 aliphatic rings. The number of hydrogen-bond acceptors (Lipinski definition) is 4. The van der Waals surface area contributed by atoms with Crippen LogP contribution in [0.15, 0.2) is 36.1 Å². The fraction of sp³-hybridized carbons (Fsp3) is 0.680. The molecule has 0 bridgehead atoms. The number of rotatable bonds is 17. The van der Waals surface area contributed by atoms with E-state index in [1.165, 1.54) is 31.1 Å². The average Bonchev–Trinajstić information content (AvgIpc) is 2.67. The zero-order valence-corrected chi connectivity index (χ0v) is 19.1. The van der Waals surface area contributed by atoms with Gasteiger partial charge in [-0.1, -0.05) is 43.6 Å². The van der Waals surface area contributed by atoms with Gasteiger partial charge in [-0.2, -0.15) is 0 Å². The van der Waals surface area contributed by atoms with Crippen molar-refractivity contribution in [3.05, 3.63) is 36.1 Å². The van der Waals surface area contributed by atoms with E-state index in [-0.39, 0.29) is 24.8 Å². The van der Waals surface area contributed by atoms with E-state index in [1.54, 1.807) is 0 Å². The van der Waals surface area contributed by atoms with Crippen LogP contribution in [0.1, 0.15) is 98.3 Å². The quantitative estimate of drug-likeness (QED) is 0.112. The molecule has 0 saturated heterocycles. The smallest absolute Gasteiger partial charge is 0.311 e. The van der Waals surface area contributed by atoms with E-state index in [1.807, 2.05) is 13.0 Å². The second-order valence-electron chi connectivity index (χ2n) is 7.90. The van der Waals surface area contributed by atoms with Gasteiger partial charge in [0, 0.05) is 0 Å². The van der Waals surface area contributed by atoms with Crippen molar-refractivity contribution in [1.29, 1.82) is 0 Å². The number of ether oxygens (including phenoxy) is 2. The summed E-state index contributed by atoms with van der Waals surface area (Å²) in [5.74, 6) is -0.207. The first-order valence-corrected chi connectivity index (χ1v) is 11.2. The summed E-state index contributed by atoms with van der Waals surface area (Å²) in [6.45, 7) is 8.83. The monoisotopic (exact) mass is 406 g/mol. The van der Waals surface area contributed by atoms with Gasteiger partial charge in [-0.05, 0) is 77.7 Å². The molecule has 0 saturated carbocycles. The van der Waals surface area contributed by atoms with Crippen molar-refractivity contribution in [1.82, 2.24) is 0 Å². The van der Waals surface area contributed by atoms with Gasteiger partial charge in [-0.3, -0.25) is 9.59 Å². The second kappa shape index (κ2) is 19.5. The number of carbonyl (C=O) groups excluding carboxylic acids is 2. The van der Waals surface area contributed by atoms with Crippen LogP contribution in [-0.2, 0) is 19.1 Å². The molecule has 0 aliphatic heterocycles. The molecular weight excluding hydrogens is 364 g/mol. The van der Waals surface area contributed by atoms with Gasteiger partial charge in [0.15, 0.2) is 0 Å². The van der Waals surface area contributed by atoms with Gasteiger partial charge in [-0.15, -0.1) is 0 Å². The largest absolute Gasteiger partial charge is 0.466 e. The Bertz CT molecular complexity index is 513. The van der Waals surface area contributed by atoms with Crippen molar-refractivity contribution in [2.45, 2.75) is 98.3 Å². The van der Waals surface area contributed by atoms with E-state index in [4.69, 9.17) is 9.47 Å². The predicted octanol–water partition coefficient (Wildman–Crippen LogP) is 7.06. The maximum atomic E-state index is 11.7. The summed E-state index contributed by atoms with van der Waals surface area (Å²) in [5.41, 5.74) is 1.33. The van der Waals surface area contributed by atoms with Crippen LogP contribution in [0.5, 0.6) is 0 Å². The third-order valence-electron chi connectivity index (χ3n) is 4.64. The highest BCUT2D eigenvalue weighted by Crippen LogP contribution is 2.12. The molecule has 0 N–H and O–H groups in total. The molecule has 166 valence electrons. The summed E-state index contributed by atoms with van der Waals surface area (Å²) in [7, 11) is 0. The van der Waals surface area contributed by atoms with E-state index >= 15 is 0 Å². The van der Waals surface area contributed by atoms with Gasteiger partial charge >= 0.3 is 11.9 Å². The van der Waals surface area contributed by atoms with E-state index < -0.39 is 0 Å². The summed E-state index contributed by atoms with van der Waals surface area (Å²) in [6.07, 6.45) is 19.8. The molecule has 0 rings (SSSR count). The Hall–Kier alpha value is -1.84. The van der Waals surface area contributed by atoms with Crippen LogP contribution in [0.25, 0.3) is 0 Å². The number of carbonyl (C=O) groups is 2. The Balaban J connectivity index is 3.61. The first-order valence-electron chi connectivity index (χ1n) is 11.2. The van der Waals surface area contributed by atoms with Gasteiger partial charge in [0.25, 0.3) is 0 Å². The molecule has 0 radical (unpaired) electrons. The molecule has 0 aromatic carbocycles. The Labute approximate surface area is 178 Å². The van der Waals surface area contributed by atoms with Gasteiger partial charge in [-0.25, -0.2) is 0 Å². The lowest BCUT2D eigenvalue weighted by molar-refractivity contribution is -0.148. The third kappa shape index (κ3) is 20.7. The van der Waals surface area contributed by atoms with Crippen molar-refractivity contribution in [2.75, 3.05) is 6.61 Å². The van der Waals surface area contributed by atoms with Crippen LogP contribution in [0, 0.1) is 5.92 Å². The number of hydrogen-bond donors (Lipinski definition) is 0. The van der Waals surface area contributed by atoms with Gasteiger partial charge in [0.2, 0.25) is 0 Å². The Morgan fingerprint density at radius 1 is 0.862 bits per heavy atom. The Morgan fingerprint density at radius 3 is 2.17 bits per heavy atom. The minimum Gasteiger partial charge on any atom is -0.466 e. The van der Waals surface area contributed by atoms with Crippen molar-refractivity contribution in [2.24, 2.45) is 5.92 Å². The first-order chi connectivity index (χ1) is 14.0. The highest BCUT2D eigenvalue weighted by atomic mass is 16.5. The summed E-state index contributed by atoms with van der Waals surface area (Å²) < 4.78 is 10.2. The Morgan fingerprint density at radius 2 is 1.52 bits per heavy atom. The molecule has 0 aromatic rings. The number of unbranched alkanes of at least 4 members (excludes halogenated alkanes) is 5. The molecule has 0 amide bonds. The first kappa shape index (κ1) is 27.2. The number of esters is 2. The Kier molecular flexibility index (Phi) is 18.2. The standard InChI is InChI=1S/C25H42O4/c1-5-6-7-8-9-10-11-12-13-20-28-24(26)17-18-25(27)29-21-19-23(4)16-14-15-22(2)3/h5-6,13,15,20,23H,7-12,14,16-19,21H2,1-4H3. The lowest BCUT2D eigenvalue weighted by atomic mass is 10.0. The summed E-state index contributed by atoms with van der Waals surface area (Å²) in [6, 6.07) is 0. The SMILES string of the molecule is CC=CCCCCCCC=COC(=O)CCC(=O)OCCC(C)CCC=C(C)C. The highest BCUT2D eigenvalue weighted by Gasteiger charge is 2.09. The van der Waals surface area contributed by atoms with Crippen LogP contribution in [-0.4, -0.2) is 18.5 Å². The minimum atomic E-state index is -0.389. The minimum absolute atomic E-state index is 0.0598. The van der Waals surface area contributed by atoms with E-state index in [2.05, 4.69) is 39.0 Å². The molecule has 0 aliphatic carbocycles. The molecule has 0 aromatic heterocycles. The van der Waals surface area contributed by atoms with Crippen molar-refractivity contribution < 1.29 is 19.1 Å². The maximum Gasteiger partial charge on any atom is 0.311 e. The van der Waals surface area contributed by atoms with Gasteiger partial charge in [0.1, 0.15) is 0 Å². The van der Waals surface area contributed by atoms with E-state index in [9.17, 15) is 9.59 Å². The maximum absolute atomic E-state index is 11.7. The van der Waals surface area contributed by atoms with Crippen LogP contribution in [0.4, 0.5) is 0 Å². The van der Waals surface area contributed by atoms with Crippen molar-refractivity contribution in [3.63, 3.8) is 0 Å². The van der Waals surface area contributed by atoms with Crippen molar-refractivity contribution in [3.8, 4) is 0 Å². The zero-order chi connectivity index (χ0) is 21.7. The van der Waals surface area contributed by atoms with Crippen LogP contribution in [0.2, 0.25) is 0 Å². The summed E-state index contributed by atoms with van der Waals surface area (Å²) in [5, 5.41) is 0. The predicted molar refractivity (Wildman–Crippen MR) is 120 cm³/mol. The fourth-order valence-electron chi connectivity index (χ4n) is 2.75. The molecule has 4 heteroatoms. The van der Waals surface area contributed by atoms with Gasteiger partial charge < -0.3 is 9.47 Å². The fourth-order valence-corrected chi connectivity index (χ4v) is 2.75. The van der Waals surface area contributed by atoms with Crippen LogP contribution >= 0.6 is 0 Å². The molecule has 0 fully saturated rings.